The van der Waals surface area contributed by atoms with Gasteiger partial charge in [0.2, 0.25) is 5.95 Å². The third-order valence-electron chi connectivity index (χ3n) is 5.80. The van der Waals surface area contributed by atoms with E-state index in [0.29, 0.717) is 18.5 Å². The summed E-state index contributed by atoms with van der Waals surface area (Å²) in [5, 5.41) is 14.9. The second-order valence-corrected chi connectivity index (χ2v) is 8.43. The van der Waals surface area contributed by atoms with E-state index < -0.39 is 0 Å². The topological polar surface area (TPSA) is 97.5 Å². The minimum absolute atomic E-state index is 0.257. The van der Waals surface area contributed by atoms with Crippen molar-refractivity contribution in [2.45, 2.75) is 45.3 Å². The van der Waals surface area contributed by atoms with Gasteiger partial charge in [0.15, 0.2) is 17.0 Å². The number of fused-ring (bicyclic) bond motifs is 1. The number of imidazole rings is 1. The van der Waals surface area contributed by atoms with Gasteiger partial charge in [-0.3, -0.25) is 0 Å². The van der Waals surface area contributed by atoms with Crippen LogP contribution >= 0.6 is 0 Å². The van der Waals surface area contributed by atoms with Gasteiger partial charge in [0.25, 0.3) is 0 Å². The zero-order chi connectivity index (χ0) is 21.9. The number of nitrogens with one attached hydrogen (secondary N) is 3. The Bertz CT molecular complexity index is 1170. The third kappa shape index (κ3) is 4.16. The van der Waals surface area contributed by atoms with Gasteiger partial charge in [-0.15, -0.1) is 0 Å². The summed E-state index contributed by atoms with van der Waals surface area (Å²) in [5.41, 5.74) is 3.78. The number of hydrogen-bond acceptors (Lipinski definition) is 7. The Balaban J connectivity index is 1.46. The predicted molar refractivity (Wildman–Crippen MR) is 126 cm³/mol. The summed E-state index contributed by atoms with van der Waals surface area (Å²) in [5.74, 6) is 1.37. The molecule has 0 aliphatic carbocycles. The van der Waals surface area contributed by atoms with Crippen LogP contribution in [0.2, 0.25) is 0 Å². The summed E-state index contributed by atoms with van der Waals surface area (Å²) in [6.45, 7) is 6.86. The van der Waals surface area contributed by atoms with Crippen molar-refractivity contribution >= 4 is 22.9 Å². The molecular formula is C23H29N9. The van der Waals surface area contributed by atoms with Gasteiger partial charge < -0.3 is 20.5 Å². The maximum atomic E-state index is 4.82. The zero-order valence-corrected chi connectivity index (χ0v) is 18.5. The number of hydrogen-bond donors (Lipinski definition) is 3. The lowest BCUT2D eigenvalue weighted by atomic mass is 10.1. The van der Waals surface area contributed by atoms with Gasteiger partial charge in [0.1, 0.15) is 0 Å². The van der Waals surface area contributed by atoms with Crippen LogP contribution < -0.4 is 16.0 Å². The molecule has 4 aromatic rings. The molecule has 4 heterocycles. The van der Waals surface area contributed by atoms with Crippen LogP contribution in [0, 0.1) is 0 Å². The van der Waals surface area contributed by atoms with Crippen molar-refractivity contribution in [3.8, 4) is 5.69 Å². The second-order valence-electron chi connectivity index (χ2n) is 8.43. The maximum absolute atomic E-state index is 4.82. The molecule has 1 aromatic carbocycles. The molecule has 3 aromatic heterocycles. The first-order valence-electron chi connectivity index (χ1n) is 11.2. The van der Waals surface area contributed by atoms with E-state index in [9.17, 15) is 0 Å². The SMILES string of the molecule is CC(C)n1cnc2c(NCc3ccccc3-n3cccn3)nc(N[C@H]3CCCNC3)nc21. The summed E-state index contributed by atoms with van der Waals surface area (Å²) in [7, 11) is 0. The lowest BCUT2D eigenvalue weighted by Crippen LogP contribution is -2.38. The van der Waals surface area contributed by atoms with Gasteiger partial charge in [-0.25, -0.2) is 9.67 Å². The summed E-state index contributed by atoms with van der Waals surface area (Å²) in [4.78, 5) is 14.3. The molecule has 3 N–H and O–H groups in total. The molecule has 1 atom stereocenters. The maximum Gasteiger partial charge on any atom is 0.227 e. The first-order chi connectivity index (χ1) is 15.7. The number of nitrogens with zero attached hydrogens (tertiary/aromatic N) is 6. The van der Waals surface area contributed by atoms with Crippen LogP contribution in [0.25, 0.3) is 16.9 Å². The molecule has 32 heavy (non-hydrogen) atoms. The van der Waals surface area contributed by atoms with Gasteiger partial charge in [-0.05, 0) is 50.9 Å². The molecule has 0 unspecified atom stereocenters. The number of benzene rings is 1. The van der Waals surface area contributed by atoms with Crippen molar-refractivity contribution in [2.75, 3.05) is 23.7 Å². The van der Waals surface area contributed by atoms with E-state index in [1.807, 2.05) is 35.4 Å². The molecule has 9 heteroatoms. The van der Waals surface area contributed by atoms with Crippen LogP contribution in [0.15, 0.2) is 49.1 Å². The van der Waals surface area contributed by atoms with Crippen LogP contribution in [-0.2, 0) is 6.54 Å². The van der Waals surface area contributed by atoms with E-state index in [1.54, 1.807) is 6.20 Å². The monoisotopic (exact) mass is 431 g/mol. The van der Waals surface area contributed by atoms with E-state index in [1.165, 1.54) is 0 Å². The van der Waals surface area contributed by atoms with Crippen LogP contribution in [-0.4, -0.2) is 48.4 Å². The molecule has 0 radical (unpaired) electrons. The molecule has 0 amide bonds. The van der Waals surface area contributed by atoms with Crippen molar-refractivity contribution in [2.24, 2.45) is 0 Å². The molecular weight excluding hydrogens is 402 g/mol. The van der Waals surface area contributed by atoms with E-state index in [2.05, 4.69) is 56.6 Å². The van der Waals surface area contributed by atoms with E-state index in [4.69, 9.17) is 9.97 Å². The molecule has 1 fully saturated rings. The summed E-state index contributed by atoms with van der Waals surface area (Å²) >= 11 is 0. The Kier molecular flexibility index (Phi) is 5.72. The highest BCUT2D eigenvalue weighted by Crippen LogP contribution is 2.25. The van der Waals surface area contributed by atoms with Crippen LogP contribution in [0.3, 0.4) is 0 Å². The fourth-order valence-corrected chi connectivity index (χ4v) is 4.11. The first kappa shape index (κ1) is 20.4. The number of piperidine rings is 1. The molecule has 1 saturated heterocycles. The Morgan fingerprint density at radius 2 is 2.09 bits per heavy atom. The number of anilines is 2. The Labute approximate surface area is 187 Å². The summed E-state index contributed by atoms with van der Waals surface area (Å²) in [6.07, 6.45) is 7.84. The largest absolute Gasteiger partial charge is 0.364 e. The van der Waals surface area contributed by atoms with Gasteiger partial charge in [0.05, 0.1) is 12.0 Å². The fraction of sp³-hybridized carbons (Fsp3) is 0.391. The Hall–Kier alpha value is -3.46. The van der Waals surface area contributed by atoms with Crippen molar-refractivity contribution in [3.05, 3.63) is 54.6 Å². The Morgan fingerprint density at radius 1 is 1.19 bits per heavy atom. The lowest BCUT2D eigenvalue weighted by molar-refractivity contribution is 0.478. The molecule has 0 spiro atoms. The third-order valence-corrected chi connectivity index (χ3v) is 5.80. The van der Waals surface area contributed by atoms with Crippen molar-refractivity contribution < 1.29 is 0 Å². The minimum Gasteiger partial charge on any atom is -0.364 e. The summed E-state index contributed by atoms with van der Waals surface area (Å²) < 4.78 is 3.97. The zero-order valence-electron chi connectivity index (χ0n) is 18.5. The van der Waals surface area contributed by atoms with E-state index in [0.717, 1.165) is 54.2 Å². The first-order valence-corrected chi connectivity index (χ1v) is 11.2. The Morgan fingerprint density at radius 3 is 2.88 bits per heavy atom. The fourth-order valence-electron chi connectivity index (χ4n) is 4.11. The summed E-state index contributed by atoms with van der Waals surface area (Å²) in [6, 6.07) is 10.7. The molecule has 9 nitrogen and oxygen atoms in total. The van der Waals surface area contributed by atoms with Crippen molar-refractivity contribution in [3.63, 3.8) is 0 Å². The number of aromatic nitrogens is 6. The van der Waals surface area contributed by atoms with E-state index >= 15 is 0 Å². The van der Waals surface area contributed by atoms with Crippen LogP contribution in [0.1, 0.15) is 38.3 Å². The van der Waals surface area contributed by atoms with Crippen LogP contribution in [0.5, 0.6) is 0 Å². The molecule has 1 aliphatic heterocycles. The molecule has 0 bridgehead atoms. The highest BCUT2D eigenvalue weighted by atomic mass is 15.3. The van der Waals surface area contributed by atoms with Crippen LogP contribution in [0.4, 0.5) is 11.8 Å². The quantitative estimate of drug-likeness (QED) is 0.413. The molecule has 1 aliphatic rings. The second kappa shape index (κ2) is 8.96. The number of rotatable bonds is 7. The average Bonchev–Trinajstić information content (AvgIpc) is 3.49. The van der Waals surface area contributed by atoms with Gasteiger partial charge in [-0.1, -0.05) is 18.2 Å². The molecule has 0 saturated carbocycles. The normalized spacial score (nSPS) is 16.5. The minimum atomic E-state index is 0.257. The standard InChI is InChI=1S/C23H29N9/c1-16(2)31-15-26-20-21(29-23(30-22(20)31)28-18-8-5-10-24-14-18)25-13-17-7-3-4-9-19(17)32-12-6-11-27-32/h3-4,6-7,9,11-12,15-16,18,24H,5,8,10,13-14H2,1-2H3,(H2,25,28,29,30)/t18-/m0/s1. The van der Waals surface area contributed by atoms with E-state index in [-0.39, 0.29) is 6.04 Å². The van der Waals surface area contributed by atoms with Gasteiger partial charge >= 0.3 is 0 Å². The lowest BCUT2D eigenvalue weighted by Gasteiger charge is -2.24. The van der Waals surface area contributed by atoms with Gasteiger partial charge in [0, 0.05) is 37.6 Å². The molecule has 166 valence electrons. The highest BCUT2D eigenvalue weighted by Gasteiger charge is 2.18. The predicted octanol–water partition coefficient (Wildman–Crippen LogP) is 3.37. The van der Waals surface area contributed by atoms with Crippen molar-refractivity contribution in [1.29, 1.82) is 0 Å². The smallest absolute Gasteiger partial charge is 0.227 e. The average molecular weight is 432 g/mol. The number of para-hydroxylation sites is 1. The van der Waals surface area contributed by atoms with Gasteiger partial charge in [-0.2, -0.15) is 15.1 Å². The van der Waals surface area contributed by atoms with Crippen molar-refractivity contribution in [1.82, 2.24) is 34.6 Å². The highest BCUT2D eigenvalue weighted by molar-refractivity contribution is 5.84. The molecule has 5 rings (SSSR count).